The summed E-state index contributed by atoms with van der Waals surface area (Å²) in [4.78, 5) is 13.2. The van der Waals surface area contributed by atoms with Crippen molar-refractivity contribution < 1.29 is 4.79 Å². The predicted molar refractivity (Wildman–Crippen MR) is 58.2 cm³/mol. The zero-order chi connectivity index (χ0) is 10.8. The van der Waals surface area contributed by atoms with E-state index in [0.29, 0.717) is 5.41 Å². The number of likely N-dealkylation sites (tertiary alicyclic amines) is 1. The van der Waals surface area contributed by atoms with Crippen molar-refractivity contribution in [3.63, 3.8) is 0 Å². The zero-order valence-corrected chi connectivity index (χ0v) is 9.76. The average Bonchev–Trinajstić information content (AvgIpc) is 2.15. The van der Waals surface area contributed by atoms with E-state index in [-0.39, 0.29) is 6.03 Å². The van der Waals surface area contributed by atoms with Gasteiger partial charge >= 0.3 is 6.03 Å². The molecule has 2 amide bonds. The van der Waals surface area contributed by atoms with Crippen LogP contribution in [-0.2, 0) is 0 Å². The molecule has 82 valence electrons. The first kappa shape index (κ1) is 11.3. The summed E-state index contributed by atoms with van der Waals surface area (Å²) < 4.78 is 0. The second-order valence-electron chi connectivity index (χ2n) is 5.18. The Bertz CT molecular complexity index is 200. The lowest BCUT2D eigenvalue weighted by Gasteiger charge is -2.38. The topological polar surface area (TPSA) is 32.3 Å². The number of hydrogen-bond acceptors (Lipinski definition) is 1. The van der Waals surface area contributed by atoms with Crippen LogP contribution in [0, 0.1) is 11.3 Å². The Morgan fingerprint density at radius 3 is 2.14 bits per heavy atom. The van der Waals surface area contributed by atoms with Crippen molar-refractivity contribution in [2.45, 2.75) is 33.6 Å². The molecular formula is C11H22N2O. The summed E-state index contributed by atoms with van der Waals surface area (Å²) >= 11 is 0. The van der Waals surface area contributed by atoms with Crippen molar-refractivity contribution >= 4 is 6.03 Å². The van der Waals surface area contributed by atoms with Crippen LogP contribution in [0.4, 0.5) is 4.79 Å². The first-order valence-corrected chi connectivity index (χ1v) is 5.42. The maximum absolute atomic E-state index is 11.3. The highest BCUT2D eigenvalue weighted by Gasteiger charge is 2.29. The fourth-order valence-corrected chi connectivity index (χ4v) is 2.11. The summed E-state index contributed by atoms with van der Waals surface area (Å²) in [6.45, 7) is 8.66. The summed E-state index contributed by atoms with van der Waals surface area (Å²) in [5, 5.41) is 2.68. The summed E-state index contributed by atoms with van der Waals surface area (Å²) in [6, 6.07) is 0.0670. The van der Waals surface area contributed by atoms with Crippen molar-refractivity contribution in [1.82, 2.24) is 10.2 Å². The van der Waals surface area contributed by atoms with E-state index in [1.807, 2.05) is 4.90 Å². The number of amides is 2. The SMILES string of the molecule is CNC(=O)N1CCC(C(C)(C)C)CC1. The van der Waals surface area contributed by atoms with Crippen LogP contribution < -0.4 is 5.32 Å². The highest BCUT2D eigenvalue weighted by Crippen LogP contribution is 2.34. The number of hydrogen-bond donors (Lipinski definition) is 1. The summed E-state index contributed by atoms with van der Waals surface area (Å²) in [5.41, 5.74) is 0.384. The van der Waals surface area contributed by atoms with Gasteiger partial charge in [-0.2, -0.15) is 0 Å². The van der Waals surface area contributed by atoms with Crippen LogP contribution in [0.15, 0.2) is 0 Å². The molecule has 0 spiro atoms. The lowest BCUT2D eigenvalue weighted by Crippen LogP contribution is -2.45. The molecular weight excluding hydrogens is 176 g/mol. The second kappa shape index (κ2) is 4.20. The fraction of sp³-hybridized carbons (Fsp3) is 0.909. The highest BCUT2D eigenvalue weighted by molar-refractivity contribution is 5.73. The van der Waals surface area contributed by atoms with Gasteiger partial charge < -0.3 is 10.2 Å². The molecule has 1 N–H and O–H groups in total. The molecule has 0 aromatic heterocycles. The second-order valence-corrected chi connectivity index (χ2v) is 5.18. The van der Waals surface area contributed by atoms with Crippen molar-refractivity contribution in [2.24, 2.45) is 11.3 Å². The van der Waals surface area contributed by atoms with Gasteiger partial charge in [0.1, 0.15) is 0 Å². The fourth-order valence-electron chi connectivity index (χ4n) is 2.11. The minimum absolute atomic E-state index is 0.0670. The van der Waals surface area contributed by atoms with Gasteiger partial charge in [0, 0.05) is 20.1 Å². The normalized spacial score (nSPS) is 19.6. The van der Waals surface area contributed by atoms with E-state index in [1.54, 1.807) is 7.05 Å². The summed E-state index contributed by atoms with van der Waals surface area (Å²) in [7, 11) is 1.69. The number of nitrogens with one attached hydrogen (secondary N) is 1. The number of piperidine rings is 1. The third-order valence-corrected chi connectivity index (χ3v) is 3.22. The molecule has 3 heteroatoms. The van der Waals surface area contributed by atoms with E-state index in [9.17, 15) is 4.79 Å². The summed E-state index contributed by atoms with van der Waals surface area (Å²) in [5.74, 6) is 0.753. The van der Waals surface area contributed by atoms with E-state index in [4.69, 9.17) is 0 Å². The van der Waals surface area contributed by atoms with E-state index < -0.39 is 0 Å². The predicted octanol–water partition coefficient (Wildman–Crippen LogP) is 2.08. The molecule has 0 aliphatic carbocycles. The Morgan fingerprint density at radius 2 is 1.79 bits per heavy atom. The quantitative estimate of drug-likeness (QED) is 0.635. The maximum Gasteiger partial charge on any atom is 0.317 e. The van der Waals surface area contributed by atoms with Crippen molar-refractivity contribution in [3.05, 3.63) is 0 Å². The number of rotatable bonds is 0. The standard InChI is InChI=1S/C11H22N2O/c1-11(2,3)9-5-7-13(8-6-9)10(14)12-4/h9H,5-8H2,1-4H3,(H,12,14). The Morgan fingerprint density at radius 1 is 1.29 bits per heavy atom. The molecule has 0 atom stereocenters. The Kier molecular flexibility index (Phi) is 3.40. The molecule has 1 fully saturated rings. The van der Waals surface area contributed by atoms with Gasteiger partial charge in [0.05, 0.1) is 0 Å². The molecule has 0 saturated carbocycles. The molecule has 1 heterocycles. The monoisotopic (exact) mass is 198 g/mol. The Balaban J connectivity index is 2.43. The van der Waals surface area contributed by atoms with Crippen LogP contribution in [0.1, 0.15) is 33.6 Å². The minimum Gasteiger partial charge on any atom is -0.341 e. The van der Waals surface area contributed by atoms with Crippen molar-refractivity contribution in [3.8, 4) is 0 Å². The van der Waals surface area contributed by atoms with Crippen LogP contribution in [-0.4, -0.2) is 31.1 Å². The molecule has 1 aliphatic heterocycles. The first-order chi connectivity index (χ1) is 6.45. The van der Waals surface area contributed by atoms with Crippen LogP contribution in [0.25, 0.3) is 0 Å². The van der Waals surface area contributed by atoms with Gasteiger partial charge in [0.15, 0.2) is 0 Å². The van der Waals surface area contributed by atoms with E-state index in [1.165, 1.54) is 0 Å². The molecule has 0 radical (unpaired) electrons. The molecule has 0 aromatic carbocycles. The third kappa shape index (κ3) is 2.63. The molecule has 0 unspecified atom stereocenters. The molecule has 1 rings (SSSR count). The number of urea groups is 1. The van der Waals surface area contributed by atoms with Crippen molar-refractivity contribution in [1.29, 1.82) is 0 Å². The van der Waals surface area contributed by atoms with Gasteiger partial charge in [-0.15, -0.1) is 0 Å². The lowest BCUT2D eigenvalue weighted by atomic mass is 9.75. The lowest BCUT2D eigenvalue weighted by molar-refractivity contribution is 0.123. The van der Waals surface area contributed by atoms with Gasteiger partial charge in [0.2, 0.25) is 0 Å². The smallest absolute Gasteiger partial charge is 0.317 e. The highest BCUT2D eigenvalue weighted by atomic mass is 16.2. The van der Waals surface area contributed by atoms with Crippen LogP contribution >= 0.6 is 0 Å². The van der Waals surface area contributed by atoms with Crippen LogP contribution in [0.5, 0.6) is 0 Å². The zero-order valence-electron chi connectivity index (χ0n) is 9.76. The van der Waals surface area contributed by atoms with Gasteiger partial charge in [0.25, 0.3) is 0 Å². The van der Waals surface area contributed by atoms with E-state index >= 15 is 0 Å². The van der Waals surface area contributed by atoms with Gasteiger partial charge in [-0.05, 0) is 24.2 Å². The summed E-state index contributed by atoms with van der Waals surface area (Å²) in [6.07, 6.45) is 2.27. The maximum atomic E-state index is 11.3. The average molecular weight is 198 g/mol. The number of nitrogens with zero attached hydrogens (tertiary/aromatic N) is 1. The largest absolute Gasteiger partial charge is 0.341 e. The molecule has 1 aliphatic rings. The van der Waals surface area contributed by atoms with Gasteiger partial charge in [-0.25, -0.2) is 4.79 Å². The number of carbonyl (C=O) groups excluding carboxylic acids is 1. The van der Waals surface area contributed by atoms with Gasteiger partial charge in [-0.3, -0.25) is 0 Å². The minimum atomic E-state index is 0.0670. The van der Waals surface area contributed by atoms with Gasteiger partial charge in [-0.1, -0.05) is 20.8 Å². The van der Waals surface area contributed by atoms with E-state index in [2.05, 4.69) is 26.1 Å². The number of carbonyl (C=O) groups is 1. The molecule has 1 saturated heterocycles. The molecule has 3 nitrogen and oxygen atoms in total. The first-order valence-electron chi connectivity index (χ1n) is 5.42. The third-order valence-electron chi connectivity index (χ3n) is 3.22. The van der Waals surface area contributed by atoms with Crippen molar-refractivity contribution in [2.75, 3.05) is 20.1 Å². The molecule has 14 heavy (non-hydrogen) atoms. The van der Waals surface area contributed by atoms with Crippen LogP contribution in [0.2, 0.25) is 0 Å². The Labute approximate surface area is 86.9 Å². The Hall–Kier alpha value is -0.730. The molecule has 0 bridgehead atoms. The molecule has 0 aromatic rings. The van der Waals surface area contributed by atoms with E-state index in [0.717, 1.165) is 31.8 Å². The van der Waals surface area contributed by atoms with Crippen LogP contribution in [0.3, 0.4) is 0 Å².